The van der Waals surface area contributed by atoms with Crippen LogP contribution in [0.5, 0.6) is 5.75 Å². The molecule has 0 fully saturated rings. The molecule has 0 atom stereocenters. The Balaban J connectivity index is 0.000000360. The van der Waals surface area contributed by atoms with Crippen LogP contribution in [-0.4, -0.2) is 42.6 Å². The molecule has 0 bridgehead atoms. The van der Waals surface area contributed by atoms with E-state index in [1.165, 1.54) is 0 Å². The van der Waals surface area contributed by atoms with Crippen LogP contribution >= 0.6 is 0 Å². The van der Waals surface area contributed by atoms with Gasteiger partial charge in [0.25, 0.3) is 0 Å². The summed E-state index contributed by atoms with van der Waals surface area (Å²) in [5, 5.41) is 16.2. The summed E-state index contributed by atoms with van der Waals surface area (Å²) in [5.41, 5.74) is 0. The van der Waals surface area contributed by atoms with Gasteiger partial charge in [0.2, 0.25) is 0 Å². The Hall–Kier alpha value is -1.69. The number of carbonyl (C=O) groups excluding carboxylic acids is 1. The fourth-order valence-electron chi connectivity index (χ4n) is 0.878. The van der Waals surface area contributed by atoms with Crippen LogP contribution in [0.4, 0.5) is 0 Å². The first-order valence-electron chi connectivity index (χ1n) is 5.43. The number of hydrogen-bond donors (Lipinski definition) is 2. The molecule has 0 aliphatic carbocycles. The first-order chi connectivity index (χ1) is 8.74. The van der Waals surface area contributed by atoms with Gasteiger partial charge in [-0.3, -0.25) is 0 Å². The second kappa shape index (κ2) is 11.8. The van der Waals surface area contributed by atoms with Gasteiger partial charge in [0.05, 0.1) is 26.4 Å². The predicted molar refractivity (Wildman–Crippen MR) is 67.3 cm³/mol. The van der Waals surface area contributed by atoms with Gasteiger partial charge in [0.15, 0.2) is 0 Å². The number of aliphatic hydroxyl groups excluding tert-OH is 2. The summed E-state index contributed by atoms with van der Waals surface area (Å²) in [7, 11) is 0. The number of carbonyl (C=O) groups is 1. The van der Waals surface area contributed by atoms with Crippen LogP contribution in [0, 0.1) is 0 Å². The normalized spacial score (nSPS) is 9.00. The van der Waals surface area contributed by atoms with E-state index in [1.807, 2.05) is 6.07 Å². The average molecular weight is 254 g/mol. The summed E-state index contributed by atoms with van der Waals surface area (Å²) in [6.07, 6.45) is 1.13. The monoisotopic (exact) mass is 254 g/mol. The summed E-state index contributed by atoms with van der Waals surface area (Å²) in [6.45, 7) is 3.98. The Morgan fingerprint density at radius 1 is 1.17 bits per heavy atom. The van der Waals surface area contributed by atoms with Crippen LogP contribution in [0.3, 0.4) is 0 Å². The van der Waals surface area contributed by atoms with Gasteiger partial charge in [-0.05, 0) is 12.1 Å². The second-order valence-electron chi connectivity index (χ2n) is 3.00. The third kappa shape index (κ3) is 9.53. The predicted octanol–water partition coefficient (Wildman–Crippen LogP) is 0.766. The molecule has 5 nitrogen and oxygen atoms in total. The van der Waals surface area contributed by atoms with Gasteiger partial charge in [-0.2, -0.15) is 0 Å². The molecule has 1 rings (SSSR count). The zero-order chi connectivity index (χ0) is 13.6. The molecule has 0 saturated heterocycles. The number of esters is 1. The maximum absolute atomic E-state index is 10.6. The van der Waals surface area contributed by atoms with Gasteiger partial charge in [-0.1, -0.05) is 24.8 Å². The SMILES string of the molecule is C=CC(=O)Oc1ccccc1.OCCOCCO. The number of aliphatic hydroxyl groups is 2. The van der Waals surface area contributed by atoms with Gasteiger partial charge in [-0.25, -0.2) is 4.79 Å². The molecular weight excluding hydrogens is 236 g/mol. The zero-order valence-electron chi connectivity index (χ0n) is 10.1. The van der Waals surface area contributed by atoms with E-state index < -0.39 is 5.97 Å². The summed E-state index contributed by atoms with van der Waals surface area (Å²) >= 11 is 0. The molecule has 1 aromatic rings. The minimum atomic E-state index is -0.434. The highest BCUT2D eigenvalue weighted by molar-refractivity contribution is 5.83. The van der Waals surface area contributed by atoms with Crippen LogP contribution < -0.4 is 4.74 Å². The van der Waals surface area contributed by atoms with Crippen LogP contribution in [0.25, 0.3) is 0 Å². The molecule has 18 heavy (non-hydrogen) atoms. The molecule has 0 unspecified atom stereocenters. The van der Waals surface area contributed by atoms with Crippen molar-refractivity contribution >= 4 is 5.97 Å². The second-order valence-corrected chi connectivity index (χ2v) is 3.00. The Bertz CT molecular complexity index is 319. The van der Waals surface area contributed by atoms with Crippen LogP contribution in [0.1, 0.15) is 0 Å². The van der Waals surface area contributed by atoms with Crippen LogP contribution in [-0.2, 0) is 9.53 Å². The van der Waals surface area contributed by atoms with E-state index in [0.29, 0.717) is 19.0 Å². The first-order valence-corrected chi connectivity index (χ1v) is 5.43. The molecular formula is C13H18O5. The van der Waals surface area contributed by atoms with Gasteiger partial charge in [0.1, 0.15) is 5.75 Å². The van der Waals surface area contributed by atoms with E-state index in [1.54, 1.807) is 24.3 Å². The average Bonchev–Trinajstić information content (AvgIpc) is 2.41. The Morgan fingerprint density at radius 3 is 2.17 bits per heavy atom. The minimum absolute atomic E-state index is 0.0278. The van der Waals surface area contributed by atoms with Crippen molar-refractivity contribution in [3.8, 4) is 5.75 Å². The zero-order valence-corrected chi connectivity index (χ0v) is 10.1. The Kier molecular flexibility index (Phi) is 10.7. The molecule has 1 aromatic carbocycles. The standard InChI is InChI=1S/C9H8O2.C4H10O3/c1-2-9(10)11-8-6-4-3-5-7-8;5-1-3-7-4-2-6/h2-7H,1H2;5-6H,1-4H2. The fraction of sp³-hybridized carbons (Fsp3) is 0.308. The molecule has 0 aliphatic rings. The highest BCUT2D eigenvalue weighted by Crippen LogP contribution is 2.07. The van der Waals surface area contributed by atoms with Gasteiger partial charge >= 0.3 is 5.97 Å². The summed E-state index contributed by atoms with van der Waals surface area (Å²) < 4.78 is 9.44. The maximum atomic E-state index is 10.6. The van der Waals surface area contributed by atoms with E-state index in [9.17, 15) is 4.79 Å². The Labute approximate surface area is 106 Å². The molecule has 0 amide bonds. The summed E-state index contributed by atoms with van der Waals surface area (Å²) in [6, 6.07) is 8.87. The van der Waals surface area contributed by atoms with E-state index in [2.05, 4.69) is 11.3 Å². The van der Waals surface area contributed by atoms with Crippen molar-refractivity contribution in [2.24, 2.45) is 0 Å². The fourth-order valence-corrected chi connectivity index (χ4v) is 0.878. The number of hydrogen-bond acceptors (Lipinski definition) is 5. The number of rotatable bonds is 6. The molecule has 0 heterocycles. The van der Waals surface area contributed by atoms with E-state index in [-0.39, 0.29) is 13.2 Å². The van der Waals surface area contributed by atoms with Crippen molar-refractivity contribution in [3.63, 3.8) is 0 Å². The third-order valence-electron chi connectivity index (χ3n) is 1.60. The minimum Gasteiger partial charge on any atom is -0.423 e. The smallest absolute Gasteiger partial charge is 0.335 e. The van der Waals surface area contributed by atoms with Crippen molar-refractivity contribution in [3.05, 3.63) is 43.0 Å². The van der Waals surface area contributed by atoms with Crippen LogP contribution in [0.15, 0.2) is 43.0 Å². The molecule has 0 aliphatic heterocycles. The van der Waals surface area contributed by atoms with Gasteiger partial charge in [-0.15, -0.1) is 0 Å². The Morgan fingerprint density at radius 2 is 1.72 bits per heavy atom. The lowest BCUT2D eigenvalue weighted by Gasteiger charge is -1.98. The van der Waals surface area contributed by atoms with E-state index in [4.69, 9.17) is 14.9 Å². The number of ether oxygens (including phenoxy) is 2. The maximum Gasteiger partial charge on any atom is 0.335 e. The lowest BCUT2D eigenvalue weighted by atomic mass is 10.3. The largest absolute Gasteiger partial charge is 0.423 e. The highest BCUT2D eigenvalue weighted by Gasteiger charge is 1.95. The van der Waals surface area contributed by atoms with Crippen molar-refractivity contribution in [2.75, 3.05) is 26.4 Å². The number of para-hydroxylation sites is 1. The third-order valence-corrected chi connectivity index (χ3v) is 1.60. The summed E-state index contributed by atoms with van der Waals surface area (Å²) in [5.74, 6) is 0.105. The van der Waals surface area contributed by atoms with Gasteiger partial charge in [0, 0.05) is 6.08 Å². The van der Waals surface area contributed by atoms with E-state index in [0.717, 1.165) is 6.08 Å². The topological polar surface area (TPSA) is 76.0 Å². The summed E-state index contributed by atoms with van der Waals surface area (Å²) in [4.78, 5) is 10.6. The van der Waals surface area contributed by atoms with Gasteiger partial charge < -0.3 is 19.7 Å². The molecule has 5 heteroatoms. The lowest BCUT2D eigenvalue weighted by Crippen LogP contribution is -2.03. The molecule has 2 N–H and O–H groups in total. The lowest BCUT2D eigenvalue weighted by molar-refractivity contribution is -0.128. The van der Waals surface area contributed by atoms with Crippen LogP contribution in [0.2, 0.25) is 0 Å². The molecule has 100 valence electrons. The number of benzene rings is 1. The molecule has 0 saturated carbocycles. The molecule has 0 aromatic heterocycles. The first kappa shape index (κ1) is 16.3. The van der Waals surface area contributed by atoms with Crippen molar-refractivity contribution in [1.82, 2.24) is 0 Å². The molecule has 0 radical (unpaired) electrons. The van der Waals surface area contributed by atoms with Crippen molar-refractivity contribution in [1.29, 1.82) is 0 Å². The highest BCUT2D eigenvalue weighted by atomic mass is 16.5. The molecule has 0 spiro atoms. The van der Waals surface area contributed by atoms with Crippen molar-refractivity contribution < 1.29 is 24.5 Å². The quantitative estimate of drug-likeness (QED) is 0.339. The van der Waals surface area contributed by atoms with Crippen molar-refractivity contribution in [2.45, 2.75) is 0 Å². The van der Waals surface area contributed by atoms with E-state index >= 15 is 0 Å².